The molecule has 5 heteroatoms. The van der Waals surface area contributed by atoms with E-state index < -0.39 is 17.7 Å². The van der Waals surface area contributed by atoms with Crippen molar-refractivity contribution >= 4 is 17.5 Å². The van der Waals surface area contributed by atoms with Crippen molar-refractivity contribution in [2.24, 2.45) is 10.9 Å². The van der Waals surface area contributed by atoms with Crippen LogP contribution in [0, 0.1) is 5.92 Å². The molecule has 0 radical (unpaired) electrons. The van der Waals surface area contributed by atoms with Crippen LogP contribution in [0.3, 0.4) is 0 Å². The van der Waals surface area contributed by atoms with Crippen LogP contribution in [-0.2, 0) is 9.59 Å². The van der Waals surface area contributed by atoms with E-state index in [1.165, 1.54) is 0 Å². The normalized spacial score (nSPS) is 25.7. The predicted octanol–water partition coefficient (Wildman–Crippen LogP) is 1.58. The minimum atomic E-state index is -0.663. The molecule has 1 atom stereocenters. The zero-order chi connectivity index (χ0) is 14.1. The Morgan fingerprint density at radius 3 is 2.80 bits per heavy atom. The molecular formula is C15H16N2O3. The highest BCUT2D eigenvalue weighted by molar-refractivity contribution is 6.25. The fourth-order valence-electron chi connectivity index (χ4n) is 2.85. The van der Waals surface area contributed by atoms with E-state index in [0.717, 1.165) is 25.7 Å². The first kappa shape index (κ1) is 12.8. The third kappa shape index (κ3) is 2.19. The van der Waals surface area contributed by atoms with Gasteiger partial charge in [-0.05, 0) is 18.9 Å². The summed E-state index contributed by atoms with van der Waals surface area (Å²) >= 11 is 0. The molecule has 104 valence electrons. The number of fused-ring (bicyclic) bond motifs is 1. The maximum atomic E-state index is 12.2. The van der Waals surface area contributed by atoms with Crippen LogP contribution in [-0.4, -0.2) is 28.7 Å². The Kier molecular flexibility index (Phi) is 3.26. The van der Waals surface area contributed by atoms with Gasteiger partial charge in [-0.15, -0.1) is 0 Å². The lowest BCUT2D eigenvalue weighted by Crippen LogP contribution is -2.38. The van der Waals surface area contributed by atoms with Crippen molar-refractivity contribution < 1.29 is 14.7 Å². The van der Waals surface area contributed by atoms with E-state index in [2.05, 4.69) is 10.3 Å². The highest BCUT2D eigenvalue weighted by Crippen LogP contribution is 2.26. The third-order valence-electron chi connectivity index (χ3n) is 3.91. The Balaban J connectivity index is 1.84. The smallest absolute Gasteiger partial charge is 0.286 e. The fraction of sp³-hybridized carbons (Fsp3) is 0.400. The molecule has 1 aliphatic heterocycles. The van der Waals surface area contributed by atoms with E-state index in [1.54, 1.807) is 24.3 Å². The molecule has 1 fully saturated rings. The van der Waals surface area contributed by atoms with Gasteiger partial charge >= 0.3 is 0 Å². The fourth-order valence-corrected chi connectivity index (χ4v) is 2.85. The van der Waals surface area contributed by atoms with Crippen molar-refractivity contribution in [1.29, 1.82) is 0 Å². The summed E-state index contributed by atoms with van der Waals surface area (Å²) in [6.45, 7) is 0. The zero-order valence-corrected chi connectivity index (χ0v) is 11.0. The highest BCUT2D eigenvalue weighted by Gasteiger charge is 2.34. The van der Waals surface area contributed by atoms with Gasteiger partial charge in [0.2, 0.25) is 0 Å². The van der Waals surface area contributed by atoms with Crippen molar-refractivity contribution in [3.63, 3.8) is 0 Å². The summed E-state index contributed by atoms with van der Waals surface area (Å²) in [4.78, 5) is 28.0. The monoisotopic (exact) mass is 272 g/mol. The number of nitrogens with one attached hydrogen (secondary N) is 1. The Bertz CT molecular complexity index is 578. The van der Waals surface area contributed by atoms with E-state index >= 15 is 0 Å². The number of carbonyl (C=O) groups is 2. The van der Waals surface area contributed by atoms with Crippen LogP contribution in [0.25, 0.3) is 0 Å². The first-order valence-electron chi connectivity index (χ1n) is 6.88. The van der Waals surface area contributed by atoms with Gasteiger partial charge in [-0.2, -0.15) is 0 Å². The minimum absolute atomic E-state index is 0.0998. The van der Waals surface area contributed by atoms with Crippen LogP contribution >= 0.6 is 0 Å². The molecule has 3 rings (SSSR count). The lowest BCUT2D eigenvalue weighted by atomic mass is 9.90. The number of rotatable bonds is 2. The molecule has 2 N–H and O–H groups in total. The molecule has 0 aromatic rings. The van der Waals surface area contributed by atoms with Crippen molar-refractivity contribution in [2.45, 2.75) is 31.7 Å². The van der Waals surface area contributed by atoms with E-state index in [1.807, 2.05) is 0 Å². The number of dihydropyridines is 1. The third-order valence-corrected chi connectivity index (χ3v) is 3.91. The number of aliphatic imine (C=N–C) groups is 1. The number of amides is 2. The molecule has 20 heavy (non-hydrogen) atoms. The molecule has 0 aromatic carbocycles. The van der Waals surface area contributed by atoms with Gasteiger partial charge in [0, 0.05) is 6.04 Å². The summed E-state index contributed by atoms with van der Waals surface area (Å²) in [5, 5.41) is 13.0. The van der Waals surface area contributed by atoms with Crippen LogP contribution in [0.15, 0.2) is 40.6 Å². The summed E-state index contributed by atoms with van der Waals surface area (Å²) in [6, 6.07) is 0.0998. The van der Waals surface area contributed by atoms with Gasteiger partial charge in [0.1, 0.15) is 11.3 Å². The van der Waals surface area contributed by atoms with Crippen molar-refractivity contribution in [2.75, 3.05) is 0 Å². The van der Waals surface area contributed by atoms with Crippen LogP contribution < -0.4 is 5.32 Å². The van der Waals surface area contributed by atoms with Gasteiger partial charge in [0.15, 0.2) is 0 Å². The van der Waals surface area contributed by atoms with Crippen LogP contribution in [0.5, 0.6) is 0 Å². The topological polar surface area (TPSA) is 78.8 Å². The number of nitrogens with zero attached hydrogens (tertiary/aromatic N) is 1. The quantitative estimate of drug-likeness (QED) is 0.749. The Morgan fingerprint density at radius 1 is 1.30 bits per heavy atom. The second-order valence-corrected chi connectivity index (χ2v) is 5.28. The average molecular weight is 272 g/mol. The summed E-state index contributed by atoms with van der Waals surface area (Å²) in [6.07, 6.45) is 10.9. The molecule has 1 saturated carbocycles. The SMILES string of the molecule is O=C1N=C2C=CC=CC2C(O)=C1C(=O)NC1CCCC1. The molecule has 5 nitrogen and oxygen atoms in total. The van der Waals surface area contributed by atoms with Gasteiger partial charge < -0.3 is 10.4 Å². The maximum Gasteiger partial charge on any atom is 0.286 e. The average Bonchev–Trinajstić information content (AvgIpc) is 2.91. The summed E-state index contributed by atoms with van der Waals surface area (Å²) in [5.74, 6) is -1.85. The van der Waals surface area contributed by atoms with E-state index in [-0.39, 0.29) is 17.4 Å². The number of carbonyl (C=O) groups excluding carboxylic acids is 2. The van der Waals surface area contributed by atoms with E-state index in [4.69, 9.17) is 0 Å². The van der Waals surface area contributed by atoms with Crippen molar-refractivity contribution in [3.8, 4) is 0 Å². The zero-order valence-electron chi connectivity index (χ0n) is 11.0. The van der Waals surface area contributed by atoms with Crippen LogP contribution in [0.4, 0.5) is 0 Å². The largest absolute Gasteiger partial charge is 0.510 e. The second kappa shape index (κ2) is 5.07. The first-order chi connectivity index (χ1) is 9.66. The Hall–Kier alpha value is -2.17. The minimum Gasteiger partial charge on any atom is -0.510 e. The van der Waals surface area contributed by atoms with E-state index in [0.29, 0.717) is 5.71 Å². The van der Waals surface area contributed by atoms with Gasteiger partial charge in [-0.25, -0.2) is 4.99 Å². The molecular weight excluding hydrogens is 256 g/mol. The number of hydrogen-bond donors (Lipinski definition) is 2. The Labute approximate surface area is 116 Å². The van der Waals surface area contributed by atoms with Crippen molar-refractivity contribution in [1.82, 2.24) is 5.32 Å². The molecule has 0 saturated heterocycles. The van der Waals surface area contributed by atoms with Gasteiger partial charge in [-0.1, -0.05) is 31.1 Å². The summed E-state index contributed by atoms with van der Waals surface area (Å²) < 4.78 is 0. The van der Waals surface area contributed by atoms with E-state index in [9.17, 15) is 14.7 Å². The number of aliphatic hydroxyl groups is 1. The lowest BCUT2D eigenvalue weighted by Gasteiger charge is -2.22. The number of hydrogen-bond acceptors (Lipinski definition) is 3. The van der Waals surface area contributed by atoms with Gasteiger partial charge in [-0.3, -0.25) is 9.59 Å². The highest BCUT2D eigenvalue weighted by atomic mass is 16.3. The van der Waals surface area contributed by atoms with Gasteiger partial charge in [0.25, 0.3) is 11.8 Å². The molecule has 3 aliphatic rings. The number of allylic oxidation sites excluding steroid dienone is 4. The molecule has 0 spiro atoms. The molecule has 2 amide bonds. The number of aliphatic hydroxyl groups excluding tert-OH is 1. The lowest BCUT2D eigenvalue weighted by molar-refractivity contribution is -0.122. The standard InChI is InChI=1S/C15H16N2O3/c18-13-10-7-3-4-8-11(10)17-15(20)12(13)14(19)16-9-5-1-2-6-9/h3-4,7-10,18H,1-2,5-6H2,(H,16,19). The molecule has 2 aliphatic carbocycles. The van der Waals surface area contributed by atoms with Gasteiger partial charge in [0.05, 0.1) is 11.6 Å². The molecule has 0 bridgehead atoms. The summed E-state index contributed by atoms with van der Waals surface area (Å²) in [5.41, 5.74) is 0.262. The predicted molar refractivity (Wildman–Crippen MR) is 74.3 cm³/mol. The summed E-state index contributed by atoms with van der Waals surface area (Å²) in [7, 11) is 0. The van der Waals surface area contributed by atoms with Crippen LogP contribution in [0.2, 0.25) is 0 Å². The molecule has 1 heterocycles. The first-order valence-corrected chi connectivity index (χ1v) is 6.88. The van der Waals surface area contributed by atoms with Crippen molar-refractivity contribution in [3.05, 3.63) is 35.6 Å². The van der Waals surface area contributed by atoms with Crippen LogP contribution in [0.1, 0.15) is 25.7 Å². The second-order valence-electron chi connectivity index (χ2n) is 5.28. The molecule has 0 aromatic heterocycles. The Morgan fingerprint density at radius 2 is 2.05 bits per heavy atom. The maximum absolute atomic E-state index is 12.2. The molecule has 1 unspecified atom stereocenters.